The molecule has 2 fully saturated rings. The zero-order valence-corrected chi connectivity index (χ0v) is 17.1. The molecule has 1 aromatic carbocycles. The molecule has 0 bridgehead atoms. The van der Waals surface area contributed by atoms with Crippen molar-refractivity contribution < 1.29 is 23.1 Å². The predicted octanol–water partition coefficient (Wildman–Crippen LogP) is 1.24. The number of rotatable bonds is 7. The highest BCUT2D eigenvalue weighted by atomic mass is 32.2. The average Bonchev–Trinajstić information content (AvgIpc) is 3.07. The van der Waals surface area contributed by atoms with Gasteiger partial charge in [0.2, 0.25) is 15.9 Å². The van der Waals surface area contributed by atoms with Crippen molar-refractivity contribution >= 4 is 15.9 Å². The molecule has 1 aliphatic heterocycles. The Morgan fingerprint density at radius 3 is 2.46 bits per heavy atom. The maximum absolute atomic E-state index is 12.0. The minimum Gasteiger partial charge on any atom is -0.387 e. The zero-order chi connectivity index (χ0) is 20.1. The first kappa shape index (κ1) is 21.2. The Morgan fingerprint density at radius 2 is 1.86 bits per heavy atom. The second-order valence-electron chi connectivity index (χ2n) is 7.82. The molecule has 3 rings (SSSR count). The monoisotopic (exact) mass is 410 g/mol. The number of hydrogen-bond acceptors (Lipinski definition) is 5. The second-order valence-corrected chi connectivity index (χ2v) is 9.60. The molecule has 1 aromatic rings. The summed E-state index contributed by atoms with van der Waals surface area (Å²) in [6.07, 6.45) is 5.77. The number of benzene rings is 1. The lowest BCUT2D eigenvalue weighted by Gasteiger charge is -2.32. The first-order valence-corrected chi connectivity index (χ1v) is 11.8. The topological polar surface area (TPSA) is 95.9 Å². The van der Waals surface area contributed by atoms with Gasteiger partial charge in [-0.3, -0.25) is 4.79 Å². The summed E-state index contributed by atoms with van der Waals surface area (Å²) in [6.45, 7) is 0.116. The summed E-state index contributed by atoms with van der Waals surface area (Å²) in [5.41, 5.74) is 1.37. The van der Waals surface area contributed by atoms with Crippen LogP contribution >= 0.6 is 0 Å². The number of ether oxygens (including phenoxy) is 1. The highest BCUT2D eigenvalue weighted by Crippen LogP contribution is 2.34. The van der Waals surface area contributed by atoms with Gasteiger partial charge in [0.25, 0.3) is 0 Å². The van der Waals surface area contributed by atoms with Crippen LogP contribution in [0.4, 0.5) is 0 Å². The molecular formula is C20H30N2O5S. The van der Waals surface area contributed by atoms with Gasteiger partial charge < -0.3 is 14.7 Å². The van der Waals surface area contributed by atoms with Crippen molar-refractivity contribution in [1.29, 1.82) is 0 Å². The number of nitrogens with one attached hydrogen (secondary N) is 1. The van der Waals surface area contributed by atoms with Crippen molar-refractivity contribution in [3.05, 3.63) is 35.9 Å². The molecular weight excluding hydrogens is 380 g/mol. The van der Waals surface area contributed by atoms with Crippen LogP contribution in [0.15, 0.2) is 30.3 Å². The Hall–Kier alpha value is -1.48. The Bertz CT molecular complexity index is 747. The van der Waals surface area contributed by atoms with Gasteiger partial charge in [-0.15, -0.1) is 0 Å². The maximum Gasteiger partial charge on any atom is 0.248 e. The largest absolute Gasteiger partial charge is 0.387 e. The highest BCUT2D eigenvalue weighted by Gasteiger charge is 2.39. The zero-order valence-electron chi connectivity index (χ0n) is 16.3. The lowest BCUT2D eigenvalue weighted by Crippen LogP contribution is -2.50. The van der Waals surface area contributed by atoms with Crippen LogP contribution < -0.4 is 4.72 Å². The fraction of sp³-hybridized carbons (Fsp3) is 0.650. The maximum atomic E-state index is 12.0. The molecule has 0 aromatic heterocycles. The summed E-state index contributed by atoms with van der Waals surface area (Å²) < 4.78 is 32.0. The van der Waals surface area contributed by atoms with Crippen molar-refractivity contribution in [2.75, 3.05) is 26.0 Å². The van der Waals surface area contributed by atoms with Gasteiger partial charge in [0.05, 0.1) is 25.0 Å². The summed E-state index contributed by atoms with van der Waals surface area (Å²) in [6, 6.07) is 9.74. The predicted molar refractivity (Wildman–Crippen MR) is 106 cm³/mol. The summed E-state index contributed by atoms with van der Waals surface area (Å²) in [7, 11) is -3.38. The second kappa shape index (κ2) is 9.35. The number of sulfonamides is 1. The molecule has 156 valence electrons. The van der Waals surface area contributed by atoms with Crippen molar-refractivity contribution in [3.63, 3.8) is 0 Å². The van der Waals surface area contributed by atoms with Gasteiger partial charge in [-0.2, -0.15) is 0 Å². The fourth-order valence-corrected chi connectivity index (χ4v) is 5.22. The van der Waals surface area contributed by atoms with E-state index in [0.29, 0.717) is 18.9 Å². The average molecular weight is 411 g/mol. The Labute approximate surface area is 167 Å². The van der Waals surface area contributed by atoms with Crippen LogP contribution in [0.5, 0.6) is 0 Å². The number of likely N-dealkylation sites (tertiary alicyclic amines) is 1. The molecule has 7 nitrogen and oxygen atoms in total. The summed E-state index contributed by atoms with van der Waals surface area (Å²) in [5, 5.41) is 9.22. The molecule has 0 radical (unpaired) electrons. The van der Waals surface area contributed by atoms with Crippen LogP contribution in [0.3, 0.4) is 0 Å². The molecule has 2 atom stereocenters. The van der Waals surface area contributed by atoms with Gasteiger partial charge in [-0.05, 0) is 43.6 Å². The van der Waals surface area contributed by atoms with E-state index in [0.717, 1.165) is 31.9 Å². The highest BCUT2D eigenvalue weighted by molar-refractivity contribution is 7.88. The van der Waals surface area contributed by atoms with Crippen LogP contribution in [-0.4, -0.2) is 68.5 Å². The van der Waals surface area contributed by atoms with E-state index in [1.807, 2.05) is 6.07 Å². The molecule has 1 saturated heterocycles. The number of amides is 1. The van der Waals surface area contributed by atoms with E-state index in [2.05, 4.69) is 29.0 Å². The summed E-state index contributed by atoms with van der Waals surface area (Å²) >= 11 is 0. The number of nitrogens with zero attached hydrogens (tertiary/aromatic N) is 1. The van der Waals surface area contributed by atoms with Crippen LogP contribution in [0.2, 0.25) is 0 Å². The minimum atomic E-state index is -3.38. The van der Waals surface area contributed by atoms with E-state index < -0.39 is 16.6 Å². The number of carbonyl (C=O) groups is 1. The van der Waals surface area contributed by atoms with Crippen molar-refractivity contribution in [2.45, 2.75) is 56.2 Å². The third-order valence-corrected chi connectivity index (χ3v) is 6.55. The molecule has 1 amide bonds. The van der Waals surface area contributed by atoms with E-state index in [9.17, 15) is 18.3 Å². The van der Waals surface area contributed by atoms with E-state index in [1.165, 1.54) is 5.56 Å². The Morgan fingerprint density at radius 1 is 1.18 bits per heavy atom. The van der Waals surface area contributed by atoms with Gasteiger partial charge in [-0.25, -0.2) is 13.1 Å². The van der Waals surface area contributed by atoms with E-state index in [4.69, 9.17) is 4.74 Å². The molecule has 1 heterocycles. The first-order chi connectivity index (χ1) is 13.4. The quantitative estimate of drug-likeness (QED) is 0.705. The molecule has 2 aliphatic rings. The SMILES string of the molecule is CS(=O)(=O)NC1CCN(C(=O)CO)[C@H]1COC1CCC(c2ccccc2)CC1. The number of aliphatic hydroxyl groups is 1. The van der Waals surface area contributed by atoms with Gasteiger partial charge >= 0.3 is 0 Å². The first-order valence-electron chi connectivity index (χ1n) is 9.91. The molecule has 0 spiro atoms. The van der Waals surface area contributed by atoms with Crippen LogP contribution in [-0.2, 0) is 19.6 Å². The number of aliphatic hydroxyl groups excluding tert-OH is 1. The van der Waals surface area contributed by atoms with Crippen molar-refractivity contribution in [1.82, 2.24) is 9.62 Å². The van der Waals surface area contributed by atoms with Crippen molar-refractivity contribution in [3.8, 4) is 0 Å². The van der Waals surface area contributed by atoms with Gasteiger partial charge in [0, 0.05) is 12.6 Å². The van der Waals surface area contributed by atoms with Crippen LogP contribution in [0, 0.1) is 0 Å². The summed E-state index contributed by atoms with van der Waals surface area (Å²) in [5.74, 6) is 0.166. The number of hydrogen-bond donors (Lipinski definition) is 2. The van der Waals surface area contributed by atoms with Gasteiger partial charge in [-0.1, -0.05) is 30.3 Å². The summed E-state index contributed by atoms with van der Waals surface area (Å²) in [4.78, 5) is 13.6. The molecule has 28 heavy (non-hydrogen) atoms. The smallest absolute Gasteiger partial charge is 0.248 e. The third kappa shape index (κ3) is 5.53. The molecule has 1 saturated carbocycles. The third-order valence-electron chi connectivity index (χ3n) is 5.81. The van der Waals surface area contributed by atoms with Crippen LogP contribution in [0.25, 0.3) is 0 Å². The molecule has 1 aliphatic carbocycles. The van der Waals surface area contributed by atoms with E-state index in [-0.39, 0.29) is 30.7 Å². The molecule has 2 N–H and O–H groups in total. The van der Waals surface area contributed by atoms with E-state index in [1.54, 1.807) is 4.90 Å². The Balaban J connectivity index is 1.55. The molecule has 1 unspecified atom stereocenters. The minimum absolute atomic E-state index is 0.116. The lowest BCUT2D eigenvalue weighted by atomic mass is 9.83. The van der Waals surface area contributed by atoms with Crippen LogP contribution in [0.1, 0.15) is 43.6 Å². The fourth-order valence-electron chi connectivity index (χ4n) is 4.40. The standard InChI is InChI=1S/C20H30N2O5S/c1-28(25,26)21-18-11-12-22(20(24)13-23)19(18)14-27-17-9-7-16(8-10-17)15-5-3-2-4-6-15/h2-6,16-19,21,23H,7-14H2,1H3/t16?,17?,18?,19-/m0/s1. The number of carbonyl (C=O) groups excluding carboxylic acids is 1. The normalized spacial score (nSPS) is 28.4. The Kier molecular flexibility index (Phi) is 7.09. The van der Waals surface area contributed by atoms with Gasteiger partial charge in [0.15, 0.2) is 0 Å². The van der Waals surface area contributed by atoms with Crippen molar-refractivity contribution in [2.24, 2.45) is 0 Å². The van der Waals surface area contributed by atoms with E-state index >= 15 is 0 Å². The van der Waals surface area contributed by atoms with Gasteiger partial charge in [0.1, 0.15) is 6.61 Å². The molecule has 8 heteroatoms. The lowest BCUT2D eigenvalue weighted by molar-refractivity contribution is -0.137.